The van der Waals surface area contributed by atoms with Crippen LogP contribution in [-0.2, 0) is 11.2 Å². The second-order valence-corrected chi connectivity index (χ2v) is 2.53. The van der Waals surface area contributed by atoms with Crippen LogP contribution in [0.1, 0.15) is 12.6 Å². The molecule has 12 heavy (non-hydrogen) atoms. The number of carbonyl (C=O) groups is 1. The third kappa shape index (κ3) is 5.88. The summed E-state index contributed by atoms with van der Waals surface area (Å²) in [7, 11) is 0. The molecule has 0 aromatic carbocycles. The van der Waals surface area contributed by atoms with Gasteiger partial charge >= 0.3 is 0 Å². The molecule has 68 valence electrons. The van der Waals surface area contributed by atoms with Crippen molar-refractivity contribution < 1.29 is 4.79 Å². The fourth-order valence-corrected chi connectivity index (χ4v) is 0.743. The molecular formula is C7H12ClN3O. The molecule has 1 aromatic rings. The number of imidazole rings is 1. The number of aromatic nitrogens is 2. The summed E-state index contributed by atoms with van der Waals surface area (Å²) >= 11 is 4.32. The number of hydrogen-bond donors (Lipinski definition) is 2. The third-order valence-corrected chi connectivity index (χ3v) is 1.10. The van der Waals surface area contributed by atoms with Crippen LogP contribution in [0.25, 0.3) is 0 Å². The highest BCUT2D eigenvalue weighted by atomic mass is 35.5. The lowest BCUT2D eigenvalue weighted by molar-refractivity contribution is 0.569. The Morgan fingerprint density at radius 2 is 2.50 bits per heavy atom. The number of rotatable bonds is 2. The van der Waals surface area contributed by atoms with E-state index < -0.39 is 0 Å². The molecule has 0 radical (unpaired) electrons. The SMILES string of the molecule is CC(N)Cc1cnc[nH]1.O=CCl. The highest BCUT2D eigenvalue weighted by Crippen LogP contribution is 1.93. The maximum absolute atomic E-state index is 8.57. The Hall–Kier alpha value is -0.870. The molecule has 1 unspecified atom stereocenters. The average Bonchev–Trinajstić information content (AvgIpc) is 2.40. The zero-order chi connectivity index (χ0) is 9.40. The number of aromatic amines is 1. The zero-order valence-electron chi connectivity index (χ0n) is 6.83. The maximum Gasteiger partial charge on any atom is 0.208 e. The summed E-state index contributed by atoms with van der Waals surface area (Å²) in [5.74, 6) is 0.222. The first kappa shape index (κ1) is 11.1. The zero-order valence-corrected chi connectivity index (χ0v) is 7.58. The summed E-state index contributed by atoms with van der Waals surface area (Å²) in [6, 6.07) is 0.213. The largest absolute Gasteiger partial charge is 0.348 e. The second-order valence-electron chi connectivity index (χ2n) is 2.35. The molecule has 0 amide bonds. The van der Waals surface area contributed by atoms with Crippen molar-refractivity contribution in [3.8, 4) is 0 Å². The van der Waals surface area contributed by atoms with Gasteiger partial charge in [-0.1, -0.05) is 0 Å². The quantitative estimate of drug-likeness (QED) is 0.532. The van der Waals surface area contributed by atoms with Crippen molar-refractivity contribution in [2.24, 2.45) is 5.73 Å². The molecule has 0 saturated heterocycles. The predicted molar refractivity (Wildman–Crippen MR) is 48.5 cm³/mol. The minimum absolute atomic E-state index is 0.213. The number of carbonyl (C=O) groups excluding carboxylic acids is 1. The molecule has 0 aliphatic rings. The molecule has 1 atom stereocenters. The van der Waals surface area contributed by atoms with Crippen LogP contribution in [0.3, 0.4) is 0 Å². The molecule has 0 fully saturated rings. The van der Waals surface area contributed by atoms with E-state index in [2.05, 4.69) is 21.6 Å². The van der Waals surface area contributed by atoms with Gasteiger partial charge in [0.2, 0.25) is 5.75 Å². The highest BCUT2D eigenvalue weighted by Gasteiger charge is 1.96. The summed E-state index contributed by atoms with van der Waals surface area (Å²) in [6.45, 7) is 1.97. The summed E-state index contributed by atoms with van der Waals surface area (Å²) in [4.78, 5) is 15.4. The van der Waals surface area contributed by atoms with Gasteiger partial charge in [-0.3, -0.25) is 4.79 Å². The van der Waals surface area contributed by atoms with Crippen LogP contribution >= 0.6 is 11.6 Å². The topological polar surface area (TPSA) is 71.8 Å². The number of nitrogens with two attached hydrogens (primary N) is 1. The molecule has 0 spiro atoms. The molecule has 4 nitrogen and oxygen atoms in total. The van der Waals surface area contributed by atoms with Crippen molar-refractivity contribution in [2.75, 3.05) is 0 Å². The third-order valence-electron chi connectivity index (χ3n) is 1.10. The average molecular weight is 190 g/mol. The van der Waals surface area contributed by atoms with Gasteiger partial charge in [0.1, 0.15) is 0 Å². The van der Waals surface area contributed by atoms with Gasteiger partial charge in [-0.2, -0.15) is 0 Å². The van der Waals surface area contributed by atoms with Gasteiger partial charge in [0, 0.05) is 24.4 Å². The van der Waals surface area contributed by atoms with Gasteiger partial charge < -0.3 is 10.7 Å². The Kier molecular flexibility index (Phi) is 6.32. The van der Waals surface area contributed by atoms with Crippen molar-refractivity contribution >= 4 is 17.3 Å². The van der Waals surface area contributed by atoms with Crippen molar-refractivity contribution in [3.05, 3.63) is 18.2 Å². The smallest absolute Gasteiger partial charge is 0.208 e. The van der Waals surface area contributed by atoms with Crippen LogP contribution in [0.4, 0.5) is 0 Å². The van der Waals surface area contributed by atoms with Gasteiger partial charge in [0.05, 0.1) is 6.33 Å². The summed E-state index contributed by atoms with van der Waals surface area (Å²) in [5.41, 5.74) is 6.64. The van der Waals surface area contributed by atoms with Gasteiger partial charge in [-0.15, -0.1) is 0 Å². The van der Waals surface area contributed by atoms with Crippen LogP contribution in [0.2, 0.25) is 0 Å². The molecule has 0 saturated carbocycles. The molecule has 3 N–H and O–H groups in total. The number of halogens is 1. The molecule has 1 rings (SSSR count). The maximum atomic E-state index is 8.57. The fourth-order valence-electron chi connectivity index (χ4n) is 0.743. The molecule has 0 aliphatic heterocycles. The Bertz CT molecular complexity index is 198. The van der Waals surface area contributed by atoms with Crippen molar-refractivity contribution in [3.63, 3.8) is 0 Å². The van der Waals surface area contributed by atoms with Crippen LogP contribution in [0.5, 0.6) is 0 Å². The lowest BCUT2D eigenvalue weighted by Gasteiger charge is -1.99. The van der Waals surface area contributed by atoms with E-state index >= 15 is 0 Å². The highest BCUT2D eigenvalue weighted by molar-refractivity contribution is 6.54. The van der Waals surface area contributed by atoms with Crippen LogP contribution < -0.4 is 5.73 Å². The van der Waals surface area contributed by atoms with Crippen molar-refractivity contribution in [1.29, 1.82) is 0 Å². The summed E-state index contributed by atoms with van der Waals surface area (Å²) in [6.07, 6.45) is 4.33. The van der Waals surface area contributed by atoms with Crippen LogP contribution in [0, 0.1) is 0 Å². The first-order valence-corrected chi connectivity index (χ1v) is 3.91. The van der Waals surface area contributed by atoms with E-state index in [0.717, 1.165) is 12.1 Å². The summed E-state index contributed by atoms with van der Waals surface area (Å²) in [5, 5.41) is 0. The predicted octanol–water partition coefficient (Wildman–Crippen LogP) is 0.715. The molecule has 0 aliphatic carbocycles. The minimum Gasteiger partial charge on any atom is -0.348 e. The lowest BCUT2D eigenvalue weighted by Crippen LogP contribution is -2.17. The van der Waals surface area contributed by atoms with E-state index in [1.807, 2.05) is 6.92 Å². The first-order valence-electron chi connectivity index (χ1n) is 3.47. The Morgan fingerprint density at radius 3 is 2.83 bits per heavy atom. The van der Waals surface area contributed by atoms with Crippen LogP contribution in [0.15, 0.2) is 12.5 Å². The van der Waals surface area contributed by atoms with E-state index in [9.17, 15) is 0 Å². The lowest BCUT2D eigenvalue weighted by atomic mass is 10.2. The number of nitrogens with zero attached hydrogens (tertiary/aromatic N) is 1. The van der Waals surface area contributed by atoms with E-state index in [-0.39, 0.29) is 11.8 Å². The fraction of sp³-hybridized carbons (Fsp3) is 0.429. The Balaban J connectivity index is 0.000000354. The van der Waals surface area contributed by atoms with Crippen molar-refractivity contribution in [1.82, 2.24) is 9.97 Å². The molecular weight excluding hydrogens is 178 g/mol. The standard InChI is InChI=1S/C6H11N3.CHClO/c1-5(7)2-6-3-8-4-9-6;2-1-3/h3-5H,2,7H2,1H3,(H,8,9);1H. The molecule has 1 heterocycles. The van der Waals surface area contributed by atoms with E-state index in [0.29, 0.717) is 0 Å². The number of H-pyrrole nitrogens is 1. The van der Waals surface area contributed by atoms with Gasteiger partial charge in [-0.05, 0) is 18.5 Å². The first-order chi connectivity index (χ1) is 5.70. The minimum atomic E-state index is 0.213. The van der Waals surface area contributed by atoms with Crippen LogP contribution in [-0.4, -0.2) is 21.8 Å². The Morgan fingerprint density at radius 1 is 1.92 bits per heavy atom. The molecule has 1 aromatic heterocycles. The van der Waals surface area contributed by atoms with E-state index in [4.69, 9.17) is 10.5 Å². The monoisotopic (exact) mass is 189 g/mol. The van der Waals surface area contributed by atoms with E-state index in [1.54, 1.807) is 12.5 Å². The summed E-state index contributed by atoms with van der Waals surface area (Å²) < 4.78 is 0. The van der Waals surface area contributed by atoms with Gasteiger partial charge in [-0.25, -0.2) is 4.98 Å². The normalized spacial score (nSPS) is 11.2. The number of hydrogen-bond acceptors (Lipinski definition) is 3. The Labute approximate surface area is 76.1 Å². The number of nitrogens with one attached hydrogen (secondary N) is 1. The second kappa shape index (κ2) is 6.82. The van der Waals surface area contributed by atoms with Crippen molar-refractivity contribution in [2.45, 2.75) is 19.4 Å². The molecule has 5 heteroatoms. The van der Waals surface area contributed by atoms with Gasteiger partial charge in [0.25, 0.3) is 0 Å². The van der Waals surface area contributed by atoms with E-state index in [1.165, 1.54) is 0 Å². The van der Waals surface area contributed by atoms with Gasteiger partial charge in [0.15, 0.2) is 0 Å². The molecule has 0 bridgehead atoms.